The van der Waals surface area contributed by atoms with Gasteiger partial charge < -0.3 is 9.47 Å². The fraction of sp³-hybridized carbons (Fsp3) is 0.238. The first kappa shape index (κ1) is 20.6. The summed E-state index contributed by atoms with van der Waals surface area (Å²) in [5.74, 6) is 0.426. The first-order valence-corrected chi connectivity index (χ1v) is 10.3. The van der Waals surface area contributed by atoms with Gasteiger partial charge in [-0.15, -0.1) is 0 Å². The molecule has 0 unspecified atom stereocenters. The van der Waals surface area contributed by atoms with Crippen molar-refractivity contribution in [3.05, 3.63) is 68.5 Å². The number of benzene rings is 2. The lowest BCUT2D eigenvalue weighted by Gasteiger charge is -2.11. The predicted octanol–water partition coefficient (Wildman–Crippen LogP) is 5.02. The maximum absolute atomic E-state index is 12.4. The highest BCUT2D eigenvalue weighted by molar-refractivity contribution is 9.10. The topological polar surface area (TPSA) is 55.8 Å². The van der Waals surface area contributed by atoms with Gasteiger partial charge in [-0.05, 0) is 64.0 Å². The van der Waals surface area contributed by atoms with Crippen LogP contribution in [0, 0.1) is 6.92 Å². The summed E-state index contributed by atoms with van der Waals surface area (Å²) in [7, 11) is 1.54. The molecule has 28 heavy (non-hydrogen) atoms. The Morgan fingerprint density at radius 2 is 2.00 bits per heavy atom. The molecule has 1 fully saturated rings. The van der Waals surface area contributed by atoms with Crippen molar-refractivity contribution in [3.8, 4) is 5.75 Å². The monoisotopic (exact) mass is 461 g/mol. The molecule has 0 aliphatic carbocycles. The molecule has 5 nitrogen and oxygen atoms in total. The molecule has 2 aromatic rings. The van der Waals surface area contributed by atoms with Crippen LogP contribution >= 0.6 is 27.7 Å². The molecule has 2 aromatic carbocycles. The third kappa shape index (κ3) is 5.04. The molecule has 0 radical (unpaired) electrons. The average molecular weight is 462 g/mol. The van der Waals surface area contributed by atoms with Crippen molar-refractivity contribution in [2.75, 3.05) is 20.3 Å². The minimum absolute atomic E-state index is 0.258. The van der Waals surface area contributed by atoms with Crippen molar-refractivity contribution in [1.29, 1.82) is 0 Å². The maximum atomic E-state index is 12.4. The number of rotatable bonds is 7. The van der Waals surface area contributed by atoms with Crippen LogP contribution in [0.2, 0.25) is 0 Å². The number of thioether (sulfide) groups is 1. The number of halogens is 1. The Bertz CT molecular complexity index is 928. The zero-order valence-corrected chi connectivity index (χ0v) is 18.0. The van der Waals surface area contributed by atoms with Gasteiger partial charge in [-0.3, -0.25) is 14.5 Å². The molecule has 0 aromatic heterocycles. The van der Waals surface area contributed by atoms with Gasteiger partial charge in [0.05, 0.1) is 22.5 Å². The molecular weight excluding hydrogens is 442 g/mol. The number of hydrogen-bond donors (Lipinski definition) is 0. The summed E-state index contributed by atoms with van der Waals surface area (Å²) >= 11 is 4.46. The van der Waals surface area contributed by atoms with Gasteiger partial charge in [-0.2, -0.15) is 0 Å². The van der Waals surface area contributed by atoms with E-state index in [0.717, 1.165) is 27.4 Å². The fourth-order valence-electron chi connectivity index (χ4n) is 2.71. The lowest BCUT2D eigenvalue weighted by Crippen LogP contribution is -2.31. The molecule has 0 bridgehead atoms. The van der Waals surface area contributed by atoms with Crippen molar-refractivity contribution in [1.82, 2.24) is 4.90 Å². The molecule has 3 rings (SSSR count). The van der Waals surface area contributed by atoms with Crippen molar-refractivity contribution in [2.45, 2.75) is 13.5 Å². The van der Waals surface area contributed by atoms with Gasteiger partial charge in [0.15, 0.2) is 0 Å². The van der Waals surface area contributed by atoms with Crippen molar-refractivity contribution in [3.63, 3.8) is 0 Å². The molecule has 0 spiro atoms. The predicted molar refractivity (Wildman–Crippen MR) is 114 cm³/mol. The van der Waals surface area contributed by atoms with E-state index in [9.17, 15) is 9.59 Å². The fourth-order valence-corrected chi connectivity index (χ4v) is 4.09. The summed E-state index contributed by atoms with van der Waals surface area (Å²) in [4.78, 5) is 26.0. The smallest absolute Gasteiger partial charge is 0.293 e. The molecule has 1 heterocycles. The van der Waals surface area contributed by atoms with Gasteiger partial charge in [0.25, 0.3) is 11.1 Å². The summed E-state index contributed by atoms with van der Waals surface area (Å²) in [6, 6.07) is 13.7. The Labute approximate surface area is 176 Å². The molecule has 1 aliphatic rings. The van der Waals surface area contributed by atoms with E-state index in [1.165, 1.54) is 17.6 Å². The molecule has 0 atom stereocenters. The van der Waals surface area contributed by atoms with Gasteiger partial charge in [-0.25, -0.2) is 0 Å². The van der Waals surface area contributed by atoms with Crippen LogP contribution in [0.25, 0.3) is 6.08 Å². The molecule has 1 saturated heterocycles. The Morgan fingerprint density at radius 1 is 1.18 bits per heavy atom. The molecule has 146 valence electrons. The van der Waals surface area contributed by atoms with E-state index >= 15 is 0 Å². The molecule has 1 aliphatic heterocycles. The van der Waals surface area contributed by atoms with Crippen molar-refractivity contribution >= 4 is 44.9 Å². The molecule has 7 heteroatoms. The van der Waals surface area contributed by atoms with Gasteiger partial charge in [-0.1, -0.05) is 35.9 Å². The van der Waals surface area contributed by atoms with Gasteiger partial charge in [0.1, 0.15) is 12.4 Å². The first-order chi connectivity index (χ1) is 13.5. The number of carbonyl (C=O) groups is 2. The summed E-state index contributed by atoms with van der Waals surface area (Å²) in [6.07, 6.45) is 1.72. The maximum Gasteiger partial charge on any atom is 0.293 e. The van der Waals surface area contributed by atoms with Crippen molar-refractivity contribution < 1.29 is 19.1 Å². The number of amides is 2. The van der Waals surface area contributed by atoms with Crippen LogP contribution < -0.4 is 4.74 Å². The van der Waals surface area contributed by atoms with E-state index in [4.69, 9.17) is 9.47 Å². The lowest BCUT2D eigenvalue weighted by molar-refractivity contribution is -0.123. The standard InChI is InChI=1S/C21H20BrNO4S/c1-14-4-3-5-16(10-14)13-27-18-7-6-15(11-17(18)22)12-19-20(24)23(8-9-26-2)21(25)28-19/h3-7,10-12H,8-9,13H2,1-2H3/b19-12+. The second-order valence-corrected chi connectivity index (χ2v) is 8.14. The summed E-state index contributed by atoms with van der Waals surface area (Å²) in [5, 5.41) is -0.273. The second kappa shape index (κ2) is 9.41. The van der Waals surface area contributed by atoms with Crippen LogP contribution in [0.5, 0.6) is 5.75 Å². The molecular formula is C21H20BrNO4S. The average Bonchev–Trinajstić information content (AvgIpc) is 2.92. The SMILES string of the molecule is COCCN1C(=O)S/C(=C/c2ccc(OCc3cccc(C)c3)c(Br)c2)C1=O. The lowest BCUT2D eigenvalue weighted by atomic mass is 10.1. The third-order valence-electron chi connectivity index (χ3n) is 4.12. The molecule has 0 N–H and O–H groups in total. The van der Waals surface area contributed by atoms with Gasteiger partial charge in [0, 0.05) is 7.11 Å². The quantitative estimate of drug-likeness (QED) is 0.541. The number of imide groups is 1. The van der Waals surface area contributed by atoms with E-state index in [1.807, 2.05) is 43.3 Å². The summed E-state index contributed by atoms with van der Waals surface area (Å²) in [5.41, 5.74) is 3.10. The number of hydrogen-bond acceptors (Lipinski definition) is 5. The van der Waals surface area contributed by atoms with E-state index in [-0.39, 0.29) is 17.7 Å². The Hall–Kier alpha value is -2.09. The van der Waals surface area contributed by atoms with Crippen LogP contribution in [0.1, 0.15) is 16.7 Å². The number of carbonyl (C=O) groups excluding carboxylic acids is 2. The van der Waals surface area contributed by atoms with Gasteiger partial charge >= 0.3 is 0 Å². The zero-order chi connectivity index (χ0) is 20.1. The molecule has 2 amide bonds. The van der Waals surface area contributed by atoms with E-state index < -0.39 is 0 Å². The van der Waals surface area contributed by atoms with Crippen LogP contribution in [0.3, 0.4) is 0 Å². The van der Waals surface area contributed by atoms with Gasteiger partial charge in [0.2, 0.25) is 0 Å². The Morgan fingerprint density at radius 3 is 2.71 bits per heavy atom. The van der Waals surface area contributed by atoms with E-state index in [0.29, 0.717) is 23.9 Å². The summed E-state index contributed by atoms with van der Waals surface area (Å²) in [6.45, 7) is 3.10. The van der Waals surface area contributed by atoms with Crippen LogP contribution in [0.4, 0.5) is 4.79 Å². The zero-order valence-electron chi connectivity index (χ0n) is 15.6. The number of ether oxygens (including phenoxy) is 2. The number of aryl methyl sites for hydroxylation is 1. The normalized spacial score (nSPS) is 15.5. The number of methoxy groups -OCH3 is 1. The Kier molecular flexibility index (Phi) is 6.93. The Balaban J connectivity index is 1.69. The highest BCUT2D eigenvalue weighted by atomic mass is 79.9. The van der Waals surface area contributed by atoms with E-state index in [1.54, 1.807) is 6.08 Å². The largest absolute Gasteiger partial charge is 0.488 e. The number of nitrogens with zero attached hydrogens (tertiary/aromatic N) is 1. The summed E-state index contributed by atoms with van der Waals surface area (Å²) < 4.78 is 11.6. The highest BCUT2D eigenvalue weighted by Crippen LogP contribution is 2.34. The van der Waals surface area contributed by atoms with Crippen molar-refractivity contribution in [2.24, 2.45) is 0 Å². The minimum atomic E-state index is -0.289. The van der Waals surface area contributed by atoms with Crippen LogP contribution in [-0.2, 0) is 16.1 Å². The molecule has 0 saturated carbocycles. The first-order valence-electron chi connectivity index (χ1n) is 8.70. The highest BCUT2D eigenvalue weighted by Gasteiger charge is 2.34. The minimum Gasteiger partial charge on any atom is -0.488 e. The second-order valence-electron chi connectivity index (χ2n) is 6.29. The van der Waals surface area contributed by atoms with E-state index in [2.05, 4.69) is 22.0 Å². The van der Waals surface area contributed by atoms with Crippen LogP contribution in [0.15, 0.2) is 51.8 Å². The third-order valence-corrected chi connectivity index (χ3v) is 5.65. The van der Waals surface area contributed by atoms with Crippen LogP contribution in [-0.4, -0.2) is 36.3 Å².